The molecule has 0 radical (unpaired) electrons. The second kappa shape index (κ2) is 6.57. The SMILES string of the molecule is CC1=C(Cl)C(N2CCN(C)CC2)=Nc2cc(F)c(F)cc2CC1. The number of piperazine rings is 1. The Labute approximate surface area is 140 Å². The van der Waals surface area contributed by atoms with Gasteiger partial charge in [-0.25, -0.2) is 13.8 Å². The third-order valence-electron chi connectivity index (χ3n) is 4.49. The molecule has 23 heavy (non-hydrogen) atoms. The molecule has 0 aliphatic carbocycles. The first kappa shape index (κ1) is 16.4. The predicted molar refractivity (Wildman–Crippen MR) is 89.4 cm³/mol. The number of rotatable bonds is 0. The van der Waals surface area contributed by atoms with Crippen molar-refractivity contribution < 1.29 is 8.78 Å². The molecule has 2 heterocycles. The van der Waals surface area contributed by atoms with Crippen LogP contribution in [0.4, 0.5) is 14.5 Å². The zero-order valence-electron chi connectivity index (χ0n) is 13.4. The van der Waals surface area contributed by atoms with Crippen LogP contribution in [0, 0.1) is 11.6 Å². The quantitative estimate of drug-likeness (QED) is 0.717. The number of benzene rings is 1. The summed E-state index contributed by atoms with van der Waals surface area (Å²) in [5.74, 6) is -1.03. The molecule has 6 heteroatoms. The fourth-order valence-corrected chi connectivity index (χ4v) is 3.15. The molecule has 1 fully saturated rings. The normalized spacial score (nSPS) is 20.0. The minimum atomic E-state index is -0.873. The molecule has 0 spiro atoms. The number of aliphatic imine (C=N–C) groups is 1. The summed E-state index contributed by atoms with van der Waals surface area (Å²) in [6.07, 6.45) is 1.32. The number of aryl methyl sites for hydroxylation is 1. The lowest BCUT2D eigenvalue weighted by atomic mass is 10.0. The van der Waals surface area contributed by atoms with Crippen LogP contribution in [0.2, 0.25) is 0 Å². The molecule has 0 bridgehead atoms. The molecule has 0 aromatic heterocycles. The molecule has 1 saturated heterocycles. The Hall–Kier alpha value is -1.46. The van der Waals surface area contributed by atoms with E-state index < -0.39 is 11.6 Å². The van der Waals surface area contributed by atoms with E-state index in [9.17, 15) is 8.78 Å². The molecular weight excluding hydrogens is 320 g/mol. The summed E-state index contributed by atoms with van der Waals surface area (Å²) in [5.41, 5.74) is 2.22. The minimum absolute atomic E-state index is 0.475. The second-order valence-corrected chi connectivity index (χ2v) is 6.59. The molecule has 124 valence electrons. The van der Waals surface area contributed by atoms with E-state index in [1.807, 2.05) is 6.92 Å². The van der Waals surface area contributed by atoms with Crippen molar-refractivity contribution in [2.24, 2.45) is 4.99 Å². The van der Waals surface area contributed by atoms with E-state index in [0.717, 1.165) is 37.3 Å². The van der Waals surface area contributed by atoms with Crippen LogP contribution in [0.15, 0.2) is 27.7 Å². The van der Waals surface area contributed by atoms with Crippen molar-refractivity contribution in [2.75, 3.05) is 33.2 Å². The predicted octanol–water partition coefficient (Wildman–Crippen LogP) is 3.70. The highest BCUT2D eigenvalue weighted by Crippen LogP contribution is 2.31. The number of amidine groups is 1. The average molecular weight is 340 g/mol. The van der Waals surface area contributed by atoms with E-state index in [1.165, 1.54) is 12.1 Å². The molecule has 0 amide bonds. The first-order valence-electron chi connectivity index (χ1n) is 7.81. The van der Waals surface area contributed by atoms with Gasteiger partial charge in [0.15, 0.2) is 11.6 Å². The van der Waals surface area contributed by atoms with Crippen molar-refractivity contribution in [3.8, 4) is 0 Å². The number of hydrogen-bond donors (Lipinski definition) is 0. The molecule has 0 saturated carbocycles. The van der Waals surface area contributed by atoms with E-state index in [-0.39, 0.29) is 0 Å². The number of halogens is 3. The molecule has 1 aromatic rings. The van der Waals surface area contributed by atoms with Gasteiger partial charge in [0.25, 0.3) is 0 Å². The van der Waals surface area contributed by atoms with Gasteiger partial charge in [0, 0.05) is 32.2 Å². The van der Waals surface area contributed by atoms with Crippen LogP contribution in [0.25, 0.3) is 0 Å². The first-order valence-corrected chi connectivity index (χ1v) is 8.19. The zero-order chi connectivity index (χ0) is 16.6. The van der Waals surface area contributed by atoms with Gasteiger partial charge in [-0.1, -0.05) is 17.2 Å². The van der Waals surface area contributed by atoms with Crippen LogP contribution in [0.3, 0.4) is 0 Å². The summed E-state index contributed by atoms with van der Waals surface area (Å²) in [6.45, 7) is 5.45. The average Bonchev–Trinajstić information content (AvgIpc) is 2.53. The van der Waals surface area contributed by atoms with Crippen LogP contribution in [-0.4, -0.2) is 48.9 Å². The van der Waals surface area contributed by atoms with Crippen molar-refractivity contribution >= 4 is 23.1 Å². The Kier molecular flexibility index (Phi) is 4.69. The maximum atomic E-state index is 13.6. The lowest BCUT2D eigenvalue weighted by Crippen LogP contribution is -2.47. The van der Waals surface area contributed by atoms with Crippen molar-refractivity contribution in [1.82, 2.24) is 9.80 Å². The highest BCUT2D eigenvalue weighted by molar-refractivity contribution is 6.43. The van der Waals surface area contributed by atoms with Crippen LogP contribution in [0.1, 0.15) is 18.9 Å². The maximum absolute atomic E-state index is 13.6. The van der Waals surface area contributed by atoms with E-state index in [0.29, 0.717) is 29.4 Å². The van der Waals surface area contributed by atoms with E-state index in [2.05, 4.69) is 21.8 Å². The fraction of sp³-hybridized carbons (Fsp3) is 0.471. The number of likely N-dealkylation sites (N-methyl/N-ethyl adjacent to an activating group) is 1. The van der Waals surface area contributed by atoms with E-state index >= 15 is 0 Å². The van der Waals surface area contributed by atoms with E-state index in [4.69, 9.17) is 11.6 Å². The molecule has 0 N–H and O–H groups in total. The van der Waals surface area contributed by atoms with Gasteiger partial charge >= 0.3 is 0 Å². The van der Waals surface area contributed by atoms with Crippen LogP contribution < -0.4 is 0 Å². The topological polar surface area (TPSA) is 18.8 Å². The Balaban J connectivity index is 2.05. The Morgan fingerprint density at radius 3 is 2.39 bits per heavy atom. The molecular formula is C17H20ClF2N3. The van der Waals surface area contributed by atoms with Crippen LogP contribution in [0.5, 0.6) is 0 Å². The van der Waals surface area contributed by atoms with Crippen LogP contribution >= 0.6 is 11.6 Å². The number of hydrogen-bond acceptors (Lipinski definition) is 3. The molecule has 2 aliphatic rings. The first-order chi connectivity index (χ1) is 11.0. The molecule has 2 aliphatic heterocycles. The standard InChI is InChI=1S/C17H20ClF2N3/c1-11-3-4-12-9-13(19)14(20)10-15(12)21-17(16(11)18)23-7-5-22(2)6-8-23/h9-10H,3-8H2,1-2H3. The van der Waals surface area contributed by atoms with E-state index in [1.54, 1.807) is 0 Å². The number of fused-ring (bicyclic) bond motifs is 1. The van der Waals surface area contributed by atoms with Gasteiger partial charge in [0.2, 0.25) is 0 Å². The number of allylic oxidation sites excluding steroid dienone is 1. The highest BCUT2D eigenvalue weighted by Gasteiger charge is 2.23. The summed E-state index contributed by atoms with van der Waals surface area (Å²) >= 11 is 6.54. The summed E-state index contributed by atoms with van der Waals surface area (Å²) in [6, 6.07) is 2.42. The lowest BCUT2D eigenvalue weighted by Gasteiger charge is -2.35. The van der Waals surface area contributed by atoms with Gasteiger partial charge in [-0.3, -0.25) is 0 Å². The fourth-order valence-electron chi connectivity index (χ4n) is 2.90. The monoisotopic (exact) mass is 339 g/mol. The molecule has 1 aromatic carbocycles. The van der Waals surface area contributed by atoms with Crippen molar-refractivity contribution in [1.29, 1.82) is 0 Å². The van der Waals surface area contributed by atoms with Gasteiger partial charge in [-0.2, -0.15) is 0 Å². The zero-order valence-corrected chi connectivity index (χ0v) is 14.1. The molecule has 3 nitrogen and oxygen atoms in total. The van der Waals surface area contributed by atoms with Gasteiger partial charge in [-0.15, -0.1) is 0 Å². The largest absolute Gasteiger partial charge is 0.353 e. The maximum Gasteiger partial charge on any atom is 0.160 e. The highest BCUT2D eigenvalue weighted by atomic mass is 35.5. The summed E-state index contributed by atoms with van der Waals surface area (Å²) < 4.78 is 27.2. The van der Waals surface area contributed by atoms with Gasteiger partial charge in [0.05, 0.1) is 10.7 Å². The third-order valence-corrected chi connectivity index (χ3v) is 4.98. The Bertz CT molecular complexity index is 677. The molecule has 0 atom stereocenters. The summed E-state index contributed by atoms with van der Waals surface area (Å²) in [4.78, 5) is 8.98. The Morgan fingerprint density at radius 2 is 1.70 bits per heavy atom. The lowest BCUT2D eigenvalue weighted by molar-refractivity contribution is 0.216. The smallest absolute Gasteiger partial charge is 0.160 e. The Morgan fingerprint density at radius 1 is 1.04 bits per heavy atom. The van der Waals surface area contributed by atoms with Gasteiger partial charge < -0.3 is 9.80 Å². The second-order valence-electron chi connectivity index (χ2n) is 6.22. The van der Waals surface area contributed by atoms with Gasteiger partial charge in [-0.05, 0) is 38.4 Å². The number of nitrogens with zero attached hydrogens (tertiary/aromatic N) is 3. The summed E-state index contributed by atoms with van der Waals surface area (Å²) in [7, 11) is 2.08. The molecule has 3 rings (SSSR count). The van der Waals surface area contributed by atoms with Crippen molar-refractivity contribution in [3.63, 3.8) is 0 Å². The van der Waals surface area contributed by atoms with Gasteiger partial charge in [0.1, 0.15) is 5.84 Å². The van der Waals surface area contributed by atoms with Crippen molar-refractivity contribution in [3.05, 3.63) is 39.9 Å². The van der Waals surface area contributed by atoms with Crippen LogP contribution in [-0.2, 0) is 6.42 Å². The van der Waals surface area contributed by atoms with Crippen molar-refractivity contribution in [2.45, 2.75) is 19.8 Å². The summed E-state index contributed by atoms with van der Waals surface area (Å²) in [5, 5.41) is 0.630. The molecule has 0 unspecified atom stereocenters. The third kappa shape index (κ3) is 3.40. The minimum Gasteiger partial charge on any atom is -0.353 e.